The average Bonchev–Trinajstić information content (AvgIpc) is 2.95. The number of hydrogen-bond donors (Lipinski definition) is 0. The van der Waals surface area contributed by atoms with E-state index in [4.69, 9.17) is 4.52 Å². The maximum atomic E-state index is 11.2. The van der Waals surface area contributed by atoms with Crippen LogP contribution in [0.4, 0.5) is 5.69 Å². The van der Waals surface area contributed by atoms with E-state index in [0.717, 1.165) is 11.3 Å². The molecule has 0 saturated heterocycles. The summed E-state index contributed by atoms with van der Waals surface area (Å²) in [5, 5.41) is 3.75. The topological polar surface area (TPSA) is 55.5 Å². The Hall–Kier alpha value is -2.23. The number of fused-ring (bicyclic) bond motifs is 1. The Bertz CT molecular complexity index is 613. The first kappa shape index (κ1) is 9.96. The van der Waals surface area contributed by atoms with Gasteiger partial charge >= 0.3 is 0 Å². The van der Waals surface area contributed by atoms with Crippen molar-refractivity contribution in [2.45, 2.75) is 12.8 Å². The number of hydrogen-bond acceptors (Lipinski definition) is 4. The third kappa shape index (κ3) is 1.58. The van der Waals surface area contributed by atoms with Gasteiger partial charge in [-0.05, 0) is 11.6 Å². The van der Waals surface area contributed by atoms with Crippen LogP contribution in [-0.2, 0) is 0 Å². The van der Waals surface area contributed by atoms with Crippen molar-refractivity contribution in [3.8, 4) is 0 Å². The molecule has 0 radical (unpaired) electrons. The van der Waals surface area contributed by atoms with Gasteiger partial charge in [0.2, 0.25) is 0 Å². The molecular formula is C13H10N2O2. The first-order chi connectivity index (χ1) is 8.25. The Kier molecular flexibility index (Phi) is 2.14. The molecule has 1 aliphatic rings. The number of nitrogens with zero attached hydrogens (tertiary/aromatic N) is 2. The monoisotopic (exact) mass is 226 g/mol. The fraction of sp³-hybridized carbons (Fsp3) is 0.154. The SMILES string of the molecule is CC(=O)c1cc(C2C=Nc3ccccc32)on1. The Balaban J connectivity index is 2.01. The highest BCUT2D eigenvalue weighted by molar-refractivity contribution is 5.92. The number of rotatable bonds is 2. The molecule has 1 aromatic heterocycles. The van der Waals surface area contributed by atoms with Gasteiger partial charge in [-0.2, -0.15) is 0 Å². The van der Waals surface area contributed by atoms with Crippen molar-refractivity contribution in [3.63, 3.8) is 0 Å². The van der Waals surface area contributed by atoms with Gasteiger partial charge in [-0.15, -0.1) is 0 Å². The Morgan fingerprint density at radius 3 is 2.94 bits per heavy atom. The number of ketones is 1. The number of benzene rings is 1. The molecule has 1 atom stereocenters. The summed E-state index contributed by atoms with van der Waals surface area (Å²) in [7, 11) is 0. The van der Waals surface area contributed by atoms with Gasteiger partial charge in [0.05, 0.1) is 11.6 Å². The van der Waals surface area contributed by atoms with Gasteiger partial charge in [-0.3, -0.25) is 9.79 Å². The Morgan fingerprint density at radius 1 is 1.35 bits per heavy atom. The van der Waals surface area contributed by atoms with Crippen LogP contribution in [-0.4, -0.2) is 17.2 Å². The molecule has 0 aliphatic carbocycles. The van der Waals surface area contributed by atoms with Crippen LogP contribution in [0.3, 0.4) is 0 Å². The van der Waals surface area contributed by atoms with Gasteiger partial charge in [0.15, 0.2) is 5.78 Å². The van der Waals surface area contributed by atoms with Gasteiger partial charge < -0.3 is 4.52 Å². The molecule has 17 heavy (non-hydrogen) atoms. The van der Waals surface area contributed by atoms with Crippen molar-refractivity contribution in [1.29, 1.82) is 0 Å². The van der Waals surface area contributed by atoms with Gasteiger partial charge in [-0.1, -0.05) is 23.4 Å². The second-order valence-corrected chi connectivity index (χ2v) is 3.99. The lowest BCUT2D eigenvalue weighted by molar-refractivity contribution is 0.100. The molecule has 4 nitrogen and oxygen atoms in total. The normalized spacial score (nSPS) is 17.1. The van der Waals surface area contributed by atoms with E-state index in [1.165, 1.54) is 6.92 Å². The lowest BCUT2D eigenvalue weighted by Gasteiger charge is -2.03. The molecule has 0 amide bonds. The molecule has 4 heteroatoms. The van der Waals surface area contributed by atoms with Crippen LogP contribution in [0.1, 0.15) is 34.7 Å². The quantitative estimate of drug-likeness (QED) is 0.740. The minimum absolute atomic E-state index is 0.0354. The van der Waals surface area contributed by atoms with Gasteiger partial charge in [0.1, 0.15) is 11.5 Å². The Morgan fingerprint density at radius 2 is 2.18 bits per heavy atom. The molecule has 3 rings (SSSR count). The zero-order chi connectivity index (χ0) is 11.8. The van der Waals surface area contributed by atoms with Crippen LogP contribution in [0.2, 0.25) is 0 Å². The number of para-hydroxylation sites is 1. The summed E-state index contributed by atoms with van der Waals surface area (Å²) < 4.78 is 5.20. The molecule has 0 spiro atoms. The van der Waals surface area contributed by atoms with Gasteiger partial charge in [0, 0.05) is 19.2 Å². The maximum Gasteiger partial charge on any atom is 0.181 e. The fourth-order valence-electron chi connectivity index (χ4n) is 1.93. The summed E-state index contributed by atoms with van der Waals surface area (Å²) in [4.78, 5) is 15.5. The highest BCUT2D eigenvalue weighted by atomic mass is 16.5. The zero-order valence-corrected chi connectivity index (χ0v) is 9.25. The van der Waals surface area contributed by atoms with Gasteiger partial charge in [0.25, 0.3) is 0 Å². The van der Waals surface area contributed by atoms with Crippen LogP contribution in [0.25, 0.3) is 0 Å². The second-order valence-electron chi connectivity index (χ2n) is 3.99. The highest BCUT2D eigenvalue weighted by Crippen LogP contribution is 2.36. The van der Waals surface area contributed by atoms with Crippen LogP contribution in [0.5, 0.6) is 0 Å². The summed E-state index contributed by atoms with van der Waals surface area (Å²) in [6, 6.07) is 9.54. The van der Waals surface area contributed by atoms with Crippen LogP contribution >= 0.6 is 0 Å². The lowest BCUT2D eigenvalue weighted by atomic mass is 9.98. The number of carbonyl (C=O) groups is 1. The van der Waals surface area contributed by atoms with E-state index in [1.54, 1.807) is 6.07 Å². The summed E-state index contributed by atoms with van der Waals surface area (Å²) in [6.45, 7) is 1.47. The molecule has 1 aromatic carbocycles. The number of carbonyl (C=O) groups excluding carboxylic acids is 1. The van der Waals surface area contributed by atoms with E-state index in [9.17, 15) is 4.79 Å². The van der Waals surface area contributed by atoms with Crippen molar-refractivity contribution < 1.29 is 9.32 Å². The largest absolute Gasteiger partial charge is 0.360 e. The van der Waals surface area contributed by atoms with Crippen molar-refractivity contribution >= 4 is 17.7 Å². The van der Waals surface area contributed by atoms with E-state index < -0.39 is 0 Å². The molecule has 0 N–H and O–H groups in total. The minimum Gasteiger partial charge on any atom is -0.360 e. The van der Waals surface area contributed by atoms with E-state index in [0.29, 0.717) is 11.5 Å². The molecule has 1 unspecified atom stereocenters. The summed E-state index contributed by atoms with van der Waals surface area (Å²) in [6.07, 6.45) is 1.81. The Labute approximate surface area is 98.0 Å². The van der Waals surface area contributed by atoms with Crippen molar-refractivity contribution in [3.05, 3.63) is 47.3 Å². The van der Waals surface area contributed by atoms with Crippen LogP contribution in [0.15, 0.2) is 39.8 Å². The molecule has 1 aliphatic heterocycles. The predicted molar refractivity (Wildman–Crippen MR) is 62.9 cm³/mol. The first-order valence-corrected chi connectivity index (χ1v) is 5.36. The van der Waals surface area contributed by atoms with Crippen molar-refractivity contribution in [2.75, 3.05) is 0 Å². The summed E-state index contributed by atoms with van der Waals surface area (Å²) in [5.41, 5.74) is 2.38. The summed E-state index contributed by atoms with van der Waals surface area (Å²) in [5.74, 6) is 0.527. The van der Waals surface area contributed by atoms with E-state index >= 15 is 0 Å². The number of aromatic nitrogens is 1. The minimum atomic E-state index is -0.0942. The van der Waals surface area contributed by atoms with Gasteiger partial charge in [-0.25, -0.2) is 0 Å². The van der Waals surface area contributed by atoms with E-state index in [-0.39, 0.29) is 11.7 Å². The smallest absolute Gasteiger partial charge is 0.181 e. The maximum absolute atomic E-state index is 11.2. The lowest BCUT2D eigenvalue weighted by Crippen LogP contribution is -1.96. The number of aliphatic imine (C=N–C) groups is 1. The standard InChI is InChI=1S/C13H10N2O2/c1-8(16)12-6-13(17-15-12)10-7-14-11-5-3-2-4-9(10)11/h2-7,10H,1H3. The number of Topliss-reactive ketones (excluding diaryl/α,β-unsaturated/α-hetero) is 1. The summed E-state index contributed by atoms with van der Waals surface area (Å²) >= 11 is 0. The fourth-order valence-corrected chi connectivity index (χ4v) is 1.93. The van der Waals surface area contributed by atoms with Crippen molar-refractivity contribution in [1.82, 2.24) is 5.16 Å². The predicted octanol–water partition coefficient (Wildman–Crippen LogP) is 2.73. The van der Waals surface area contributed by atoms with Crippen molar-refractivity contribution in [2.24, 2.45) is 4.99 Å². The third-order valence-corrected chi connectivity index (χ3v) is 2.83. The molecule has 0 bridgehead atoms. The second kappa shape index (κ2) is 3.66. The molecule has 2 heterocycles. The third-order valence-electron chi connectivity index (χ3n) is 2.83. The van der Waals surface area contributed by atoms with E-state index in [1.807, 2.05) is 30.5 Å². The van der Waals surface area contributed by atoms with Crippen LogP contribution < -0.4 is 0 Å². The van der Waals surface area contributed by atoms with E-state index in [2.05, 4.69) is 10.1 Å². The first-order valence-electron chi connectivity index (χ1n) is 5.36. The highest BCUT2D eigenvalue weighted by Gasteiger charge is 2.24. The zero-order valence-electron chi connectivity index (χ0n) is 9.25. The molecule has 84 valence electrons. The molecule has 0 fully saturated rings. The average molecular weight is 226 g/mol. The van der Waals surface area contributed by atoms with Crippen LogP contribution in [0, 0.1) is 0 Å². The molecule has 2 aromatic rings. The molecular weight excluding hydrogens is 216 g/mol. The molecule has 0 saturated carbocycles.